The average molecular weight is 313 g/mol. The minimum absolute atomic E-state index is 0. The Kier molecular flexibility index (Phi) is 5.46. The second-order valence-electron chi connectivity index (χ2n) is 4.65. The van der Waals surface area contributed by atoms with Crippen molar-refractivity contribution in [1.29, 1.82) is 0 Å². The molecule has 1 aliphatic rings. The number of nitrogens with one attached hydrogen (secondary N) is 1. The second kappa shape index (κ2) is 7.11. The zero-order valence-corrected chi connectivity index (χ0v) is 12.6. The Labute approximate surface area is 127 Å². The van der Waals surface area contributed by atoms with Crippen molar-refractivity contribution in [3.63, 3.8) is 0 Å². The van der Waals surface area contributed by atoms with Crippen LogP contribution < -0.4 is 5.56 Å². The van der Waals surface area contributed by atoms with Gasteiger partial charge in [-0.25, -0.2) is 4.98 Å². The van der Waals surface area contributed by atoms with E-state index in [0.717, 1.165) is 43.1 Å². The lowest BCUT2D eigenvalue weighted by Gasteiger charge is -2.21. The summed E-state index contributed by atoms with van der Waals surface area (Å²) in [5.41, 5.74) is 0.724. The summed E-state index contributed by atoms with van der Waals surface area (Å²) in [6, 6.07) is 7.45. The van der Waals surface area contributed by atoms with E-state index in [-0.39, 0.29) is 18.0 Å². The molecule has 20 heavy (non-hydrogen) atoms. The highest BCUT2D eigenvalue weighted by atomic mass is 35.5. The van der Waals surface area contributed by atoms with Crippen LogP contribution in [0.5, 0.6) is 0 Å². The van der Waals surface area contributed by atoms with Crippen LogP contribution >= 0.6 is 24.2 Å². The van der Waals surface area contributed by atoms with Gasteiger partial charge in [-0.2, -0.15) is 11.8 Å². The number of rotatable bonds is 3. The molecule has 108 valence electrons. The van der Waals surface area contributed by atoms with Crippen molar-refractivity contribution in [3.8, 4) is 0 Å². The summed E-state index contributed by atoms with van der Waals surface area (Å²) in [5, 5.41) is 1.27. The molecular weight excluding hydrogens is 296 g/mol. The minimum Gasteiger partial charge on any atom is -0.381 e. The van der Waals surface area contributed by atoms with Crippen molar-refractivity contribution in [1.82, 2.24) is 9.97 Å². The molecule has 6 heteroatoms. The molecule has 0 amide bonds. The van der Waals surface area contributed by atoms with Crippen LogP contribution in [0.15, 0.2) is 29.1 Å². The number of hydrogen-bond donors (Lipinski definition) is 1. The third-order valence-corrected chi connectivity index (χ3v) is 4.67. The highest BCUT2D eigenvalue weighted by Crippen LogP contribution is 2.24. The molecule has 0 aliphatic carbocycles. The molecule has 0 bridgehead atoms. The number of ether oxygens (including phenoxy) is 1. The van der Waals surface area contributed by atoms with E-state index in [0.29, 0.717) is 10.6 Å². The molecule has 2 aromatic rings. The van der Waals surface area contributed by atoms with Crippen LogP contribution in [-0.4, -0.2) is 28.4 Å². The number of aromatic amines is 1. The third kappa shape index (κ3) is 3.53. The van der Waals surface area contributed by atoms with Crippen molar-refractivity contribution in [2.75, 3.05) is 13.2 Å². The highest BCUT2D eigenvalue weighted by molar-refractivity contribution is 7.99. The minimum atomic E-state index is -0.0480. The first-order valence-corrected chi connectivity index (χ1v) is 7.55. The highest BCUT2D eigenvalue weighted by Gasteiger charge is 2.14. The standard InChI is InChI=1S/C14H16N2O2S.ClH/c17-14-11-3-1-2-4-12(11)15-13(16-14)9-19-10-5-7-18-8-6-10;/h1-4,10H,5-9H2,(H,15,16,17);1H. The largest absolute Gasteiger partial charge is 0.381 e. The van der Waals surface area contributed by atoms with Crippen LogP contribution in [0, 0.1) is 0 Å². The predicted molar refractivity (Wildman–Crippen MR) is 84.7 cm³/mol. The molecule has 2 heterocycles. The summed E-state index contributed by atoms with van der Waals surface area (Å²) in [6.07, 6.45) is 2.17. The third-order valence-electron chi connectivity index (χ3n) is 3.29. The van der Waals surface area contributed by atoms with E-state index in [1.54, 1.807) is 6.07 Å². The summed E-state index contributed by atoms with van der Waals surface area (Å²) in [7, 11) is 0. The van der Waals surface area contributed by atoms with Crippen LogP contribution in [0.3, 0.4) is 0 Å². The van der Waals surface area contributed by atoms with Gasteiger partial charge >= 0.3 is 0 Å². The number of para-hydroxylation sites is 1. The smallest absolute Gasteiger partial charge is 0.258 e. The first-order valence-electron chi connectivity index (χ1n) is 6.50. The van der Waals surface area contributed by atoms with Gasteiger partial charge in [-0.15, -0.1) is 12.4 Å². The first kappa shape index (κ1) is 15.4. The molecule has 1 aromatic heterocycles. The summed E-state index contributed by atoms with van der Waals surface area (Å²) < 4.78 is 5.34. The summed E-state index contributed by atoms with van der Waals surface area (Å²) >= 11 is 1.86. The Morgan fingerprint density at radius 1 is 1.30 bits per heavy atom. The fraction of sp³-hybridized carbons (Fsp3) is 0.429. The normalized spacial score (nSPS) is 16.0. The van der Waals surface area contributed by atoms with Gasteiger partial charge in [0.2, 0.25) is 0 Å². The zero-order valence-electron chi connectivity index (χ0n) is 11.0. The Morgan fingerprint density at radius 3 is 2.85 bits per heavy atom. The van der Waals surface area contributed by atoms with Crippen LogP contribution in [0.4, 0.5) is 0 Å². The molecule has 1 aliphatic heterocycles. The maximum atomic E-state index is 11.9. The summed E-state index contributed by atoms with van der Waals surface area (Å²) in [4.78, 5) is 19.3. The lowest BCUT2D eigenvalue weighted by atomic mass is 10.2. The van der Waals surface area contributed by atoms with Crippen LogP contribution in [0.2, 0.25) is 0 Å². The lowest BCUT2D eigenvalue weighted by Crippen LogP contribution is -2.18. The number of benzene rings is 1. The van der Waals surface area contributed by atoms with Crippen molar-refractivity contribution < 1.29 is 4.74 Å². The molecule has 0 atom stereocenters. The zero-order chi connectivity index (χ0) is 13.1. The molecule has 0 unspecified atom stereocenters. The van der Waals surface area contributed by atoms with Crippen LogP contribution in [-0.2, 0) is 10.5 Å². The SMILES string of the molecule is Cl.O=c1[nH]c(CSC2CCOCC2)nc2ccccc12. The van der Waals surface area contributed by atoms with Gasteiger partial charge in [0.25, 0.3) is 5.56 Å². The van der Waals surface area contributed by atoms with Gasteiger partial charge in [-0.05, 0) is 25.0 Å². The quantitative estimate of drug-likeness (QED) is 0.947. The topological polar surface area (TPSA) is 55.0 Å². The van der Waals surface area contributed by atoms with Crippen molar-refractivity contribution in [2.45, 2.75) is 23.8 Å². The molecule has 0 spiro atoms. The van der Waals surface area contributed by atoms with E-state index in [9.17, 15) is 4.79 Å². The number of aromatic nitrogens is 2. The molecule has 1 aromatic carbocycles. The van der Waals surface area contributed by atoms with E-state index in [1.165, 1.54) is 0 Å². The number of nitrogens with zero attached hydrogens (tertiary/aromatic N) is 1. The molecule has 0 radical (unpaired) electrons. The monoisotopic (exact) mass is 312 g/mol. The average Bonchev–Trinajstić information content (AvgIpc) is 2.46. The Bertz CT molecular complexity index is 626. The summed E-state index contributed by atoms with van der Waals surface area (Å²) in [6.45, 7) is 1.69. The van der Waals surface area contributed by atoms with E-state index in [2.05, 4.69) is 9.97 Å². The number of thioether (sulfide) groups is 1. The number of hydrogen-bond acceptors (Lipinski definition) is 4. The molecule has 1 fully saturated rings. The van der Waals surface area contributed by atoms with E-state index >= 15 is 0 Å². The molecule has 4 nitrogen and oxygen atoms in total. The van der Waals surface area contributed by atoms with Gasteiger partial charge < -0.3 is 9.72 Å². The Balaban J connectivity index is 0.00000147. The van der Waals surface area contributed by atoms with E-state index in [1.807, 2.05) is 30.0 Å². The second-order valence-corrected chi connectivity index (χ2v) is 5.94. The van der Waals surface area contributed by atoms with E-state index < -0.39 is 0 Å². The number of fused-ring (bicyclic) bond motifs is 1. The van der Waals surface area contributed by atoms with Crippen LogP contribution in [0.1, 0.15) is 18.7 Å². The number of H-pyrrole nitrogens is 1. The lowest BCUT2D eigenvalue weighted by molar-refractivity contribution is 0.1000. The molecule has 3 rings (SSSR count). The van der Waals surface area contributed by atoms with Gasteiger partial charge in [-0.1, -0.05) is 12.1 Å². The Hall–Kier alpha value is -1.04. The van der Waals surface area contributed by atoms with Gasteiger partial charge in [0, 0.05) is 18.5 Å². The predicted octanol–water partition coefficient (Wildman–Crippen LogP) is 2.76. The van der Waals surface area contributed by atoms with Gasteiger partial charge in [0.15, 0.2) is 0 Å². The first-order chi connectivity index (χ1) is 9.33. The van der Waals surface area contributed by atoms with Crippen molar-refractivity contribution in [2.24, 2.45) is 0 Å². The van der Waals surface area contributed by atoms with Crippen molar-refractivity contribution >= 4 is 35.1 Å². The van der Waals surface area contributed by atoms with Gasteiger partial charge in [0.05, 0.1) is 16.7 Å². The number of halogens is 1. The van der Waals surface area contributed by atoms with Crippen LogP contribution in [0.25, 0.3) is 10.9 Å². The molecule has 0 saturated carbocycles. The van der Waals surface area contributed by atoms with E-state index in [4.69, 9.17) is 4.74 Å². The fourth-order valence-electron chi connectivity index (χ4n) is 2.24. The fourth-order valence-corrected chi connectivity index (χ4v) is 3.30. The van der Waals surface area contributed by atoms with Gasteiger partial charge in [-0.3, -0.25) is 4.79 Å². The maximum absolute atomic E-state index is 11.9. The van der Waals surface area contributed by atoms with Crippen molar-refractivity contribution in [3.05, 3.63) is 40.4 Å². The Morgan fingerprint density at radius 2 is 2.05 bits per heavy atom. The molecular formula is C14H17ClN2O2S. The molecule has 1 saturated heterocycles. The summed E-state index contributed by atoms with van der Waals surface area (Å²) in [5.74, 6) is 1.52. The van der Waals surface area contributed by atoms with Gasteiger partial charge in [0.1, 0.15) is 5.82 Å². The molecule has 1 N–H and O–H groups in total. The maximum Gasteiger partial charge on any atom is 0.258 e.